The van der Waals surface area contributed by atoms with Crippen molar-refractivity contribution in [2.24, 2.45) is 5.73 Å². The number of ether oxygens (including phenoxy) is 1. The number of carbonyl (C=O) groups excluding carboxylic acids is 2. The number of benzene rings is 3. The Morgan fingerprint density at radius 3 is 1.97 bits per heavy atom. The van der Waals surface area contributed by atoms with E-state index >= 15 is 0 Å². The zero-order valence-corrected chi connectivity index (χ0v) is 17.6. The second kappa shape index (κ2) is 9.65. The first-order valence-corrected chi connectivity index (χ1v) is 10.2. The van der Waals surface area contributed by atoms with Crippen molar-refractivity contribution < 1.29 is 14.3 Å². The summed E-state index contributed by atoms with van der Waals surface area (Å²) < 4.78 is 7.34. The molecule has 4 rings (SSSR count). The predicted molar refractivity (Wildman–Crippen MR) is 126 cm³/mol. The van der Waals surface area contributed by atoms with Crippen LogP contribution >= 0.6 is 0 Å². The molecule has 0 spiro atoms. The molecule has 3 N–H and O–H groups in total. The van der Waals surface area contributed by atoms with Crippen molar-refractivity contribution in [3.63, 3.8) is 0 Å². The van der Waals surface area contributed by atoms with Gasteiger partial charge in [0, 0.05) is 29.1 Å². The smallest absolute Gasteiger partial charge is 0.255 e. The Morgan fingerprint density at radius 2 is 1.39 bits per heavy atom. The van der Waals surface area contributed by atoms with Gasteiger partial charge in [-0.25, -0.2) is 0 Å². The molecular weight excluding hydrogens is 418 g/mol. The Balaban J connectivity index is 1.36. The third-order valence-electron chi connectivity index (χ3n) is 4.95. The Labute approximate surface area is 190 Å². The molecule has 0 fully saturated rings. The fraction of sp³-hybridized carbons (Fsp3) is 0.0385. The largest absolute Gasteiger partial charge is 0.457 e. The third kappa shape index (κ3) is 5.54. The Hall–Kier alpha value is -4.65. The molecule has 7 nitrogen and oxygen atoms in total. The first-order valence-electron chi connectivity index (χ1n) is 10.2. The van der Waals surface area contributed by atoms with Crippen LogP contribution in [0.2, 0.25) is 0 Å². The number of carbonyl (C=O) groups is 2. The molecule has 0 aliphatic carbocycles. The number of hydrogen-bond donors (Lipinski definition) is 2. The van der Waals surface area contributed by atoms with Crippen LogP contribution in [-0.2, 0) is 6.54 Å². The molecular formula is C26H21N3O4. The van der Waals surface area contributed by atoms with E-state index in [1.165, 1.54) is 6.07 Å². The van der Waals surface area contributed by atoms with Gasteiger partial charge >= 0.3 is 0 Å². The van der Waals surface area contributed by atoms with Crippen LogP contribution in [0, 0.1) is 0 Å². The highest BCUT2D eigenvalue weighted by molar-refractivity contribution is 6.04. The van der Waals surface area contributed by atoms with Crippen molar-refractivity contribution in [1.29, 1.82) is 0 Å². The number of nitrogens with zero attached hydrogens (tertiary/aromatic N) is 1. The van der Waals surface area contributed by atoms with Gasteiger partial charge in [-0.05, 0) is 72.3 Å². The molecule has 33 heavy (non-hydrogen) atoms. The summed E-state index contributed by atoms with van der Waals surface area (Å²) in [5.74, 6) is 0.353. The first kappa shape index (κ1) is 21.6. The van der Waals surface area contributed by atoms with Gasteiger partial charge in [0.1, 0.15) is 11.5 Å². The second-order valence-corrected chi connectivity index (χ2v) is 7.33. The highest BCUT2D eigenvalue weighted by Crippen LogP contribution is 2.22. The van der Waals surface area contributed by atoms with E-state index in [0.29, 0.717) is 34.9 Å². The lowest BCUT2D eigenvalue weighted by Gasteiger charge is -2.09. The summed E-state index contributed by atoms with van der Waals surface area (Å²) in [4.78, 5) is 35.5. The van der Waals surface area contributed by atoms with Gasteiger partial charge in [0.15, 0.2) is 0 Å². The highest BCUT2D eigenvalue weighted by atomic mass is 16.5. The summed E-state index contributed by atoms with van der Waals surface area (Å²) in [5.41, 5.74) is 7.65. The molecule has 0 unspecified atom stereocenters. The number of amides is 2. The van der Waals surface area contributed by atoms with Crippen LogP contribution in [0.25, 0.3) is 0 Å². The predicted octanol–water partition coefficient (Wildman–Crippen LogP) is 4.04. The summed E-state index contributed by atoms with van der Waals surface area (Å²) in [6.45, 7) is 0.459. The van der Waals surface area contributed by atoms with Gasteiger partial charge in [-0.1, -0.05) is 18.2 Å². The number of anilines is 1. The van der Waals surface area contributed by atoms with Gasteiger partial charge in [0.2, 0.25) is 5.91 Å². The zero-order valence-electron chi connectivity index (χ0n) is 17.6. The van der Waals surface area contributed by atoms with Gasteiger partial charge in [0.05, 0.1) is 6.54 Å². The second-order valence-electron chi connectivity index (χ2n) is 7.33. The SMILES string of the molecule is NC(=O)c1ccc(Oc2ccc(C(=O)Nc3ccc(Cn4ccccc4=O)cc3)cc2)cc1. The molecule has 0 saturated carbocycles. The minimum Gasteiger partial charge on any atom is -0.457 e. The van der Waals surface area contributed by atoms with E-state index in [-0.39, 0.29) is 11.5 Å². The minimum absolute atomic E-state index is 0.0648. The maximum atomic E-state index is 12.6. The molecule has 1 aromatic heterocycles. The third-order valence-corrected chi connectivity index (χ3v) is 4.95. The normalized spacial score (nSPS) is 10.4. The number of nitrogens with two attached hydrogens (primary N) is 1. The van der Waals surface area contributed by atoms with E-state index in [1.807, 2.05) is 18.2 Å². The van der Waals surface area contributed by atoms with Crippen LogP contribution in [0.3, 0.4) is 0 Å². The number of hydrogen-bond acceptors (Lipinski definition) is 4. The first-order chi connectivity index (χ1) is 16.0. The van der Waals surface area contributed by atoms with E-state index < -0.39 is 5.91 Å². The van der Waals surface area contributed by atoms with E-state index in [0.717, 1.165) is 5.56 Å². The fourth-order valence-corrected chi connectivity index (χ4v) is 3.18. The molecule has 1 heterocycles. The number of primary amides is 1. The standard InChI is InChI=1S/C26H21N3O4/c27-25(31)19-6-12-22(13-7-19)33-23-14-8-20(9-15-23)26(32)28-21-10-4-18(5-11-21)17-29-16-2-1-3-24(29)30/h1-16H,17H2,(H2,27,31)(H,28,32). The van der Waals surface area contributed by atoms with Crippen molar-refractivity contribution in [3.05, 3.63) is 124 Å². The quantitative estimate of drug-likeness (QED) is 0.454. The molecule has 164 valence electrons. The lowest BCUT2D eigenvalue weighted by molar-refractivity contribution is 0.0997. The molecule has 0 saturated heterocycles. The monoisotopic (exact) mass is 439 g/mol. The van der Waals surface area contributed by atoms with Gasteiger partial charge in [-0.15, -0.1) is 0 Å². The van der Waals surface area contributed by atoms with E-state index in [2.05, 4.69) is 5.32 Å². The molecule has 0 aliphatic heterocycles. The van der Waals surface area contributed by atoms with Crippen LogP contribution in [0.1, 0.15) is 26.3 Å². The molecule has 0 atom stereocenters. The van der Waals surface area contributed by atoms with Gasteiger partial charge in [0.25, 0.3) is 11.5 Å². The minimum atomic E-state index is -0.502. The molecule has 7 heteroatoms. The Bertz CT molecular complexity index is 1330. The van der Waals surface area contributed by atoms with E-state index in [1.54, 1.807) is 77.5 Å². The number of aromatic nitrogens is 1. The lowest BCUT2D eigenvalue weighted by Crippen LogP contribution is -2.18. The van der Waals surface area contributed by atoms with Crippen molar-refractivity contribution in [3.8, 4) is 11.5 Å². The van der Waals surface area contributed by atoms with Crippen LogP contribution in [0.15, 0.2) is 102 Å². The fourth-order valence-electron chi connectivity index (χ4n) is 3.18. The maximum Gasteiger partial charge on any atom is 0.255 e. The van der Waals surface area contributed by atoms with E-state index in [4.69, 9.17) is 10.5 Å². The molecule has 0 bridgehead atoms. The Morgan fingerprint density at radius 1 is 0.788 bits per heavy atom. The Kier molecular flexibility index (Phi) is 6.31. The van der Waals surface area contributed by atoms with Crippen LogP contribution in [-0.4, -0.2) is 16.4 Å². The molecule has 3 aromatic carbocycles. The molecule has 4 aromatic rings. The topological polar surface area (TPSA) is 103 Å². The highest BCUT2D eigenvalue weighted by Gasteiger charge is 2.08. The van der Waals surface area contributed by atoms with Gasteiger partial charge < -0.3 is 20.4 Å². The van der Waals surface area contributed by atoms with Crippen LogP contribution in [0.4, 0.5) is 5.69 Å². The number of nitrogens with one attached hydrogen (secondary N) is 1. The summed E-state index contributed by atoms with van der Waals surface area (Å²) >= 11 is 0. The summed E-state index contributed by atoms with van der Waals surface area (Å²) in [7, 11) is 0. The van der Waals surface area contributed by atoms with Gasteiger partial charge in [-0.3, -0.25) is 14.4 Å². The summed E-state index contributed by atoms with van der Waals surface area (Å²) in [5, 5.41) is 2.85. The maximum absolute atomic E-state index is 12.6. The number of rotatable bonds is 7. The zero-order chi connectivity index (χ0) is 23.2. The molecule has 0 aliphatic rings. The lowest BCUT2D eigenvalue weighted by atomic mass is 10.1. The van der Waals surface area contributed by atoms with E-state index in [9.17, 15) is 14.4 Å². The van der Waals surface area contributed by atoms with Crippen LogP contribution in [0.5, 0.6) is 11.5 Å². The van der Waals surface area contributed by atoms with Crippen molar-refractivity contribution in [2.75, 3.05) is 5.32 Å². The van der Waals surface area contributed by atoms with Crippen molar-refractivity contribution >= 4 is 17.5 Å². The summed E-state index contributed by atoms with van der Waals surface area (Å²) in [6, 6.07) is 25.6. The van der Waals surface area contributed by atoms with Crippen molar-refractivity contribution in [2.45, 2.75) is 6.54 Å². The number of pyridine rings is 1. The molecule has 2 amide bonds. The summed E-state index contributed by atoms with van der Waals surface area (Å²) in [6.07, 6.45) is 1.74. The van der Waals surface area contributed by atoms with Crippen molar-refractivity contribution in [1.82, 2.24) is 4.57 Å². The molecule has 0 radical (unpaired) electrons. The van der Waals surface area contributed by atoms with Crippen LogP contribution < -0.4 is 21.3 Å². The van der Waals surface area contributed by atoms with Gasteiger partial charge in [-0.2, -0.15) is 0 Å². The average molecular weight is 439 g/mol. The average Bonchev–Trinajstić information content (AvgIpc) is 2.82.